The molecular formula is C51H31N5O8S. The third kappa shape index (κ3) is 5.22. The highest BCUT2D eigenvalue weighted by Gasteiger charge is 2.33. The predicted octanol–water partition coefficient (Wildman–Crippen LogP) is 11.1. The number of phenols is 8. The lowest BCUT2D eigenvalue weighted by Gasteiger charge is -2.14. The molecule has 0 bridgehead atoms. The molecule has 0 unspecified atom stereocenters. The second-order valence-corrected chi connectivity index (χ2v) is 16.6. The van der Waals surface area contributed by atoms with Crippen LogP contribution in [0.4, 0.5) is 0 Å². The summed E-state index contributed by atoms with van der Waals surface area (Å²) in [4.78, 5) is 15.1. The van der Waals surface area contributed by atoms with Crippen LogP contribution in [0.2, 0.25) is 0 Å². The Labute approximate surface area is 369 Å². The van der Waals surface area contributed by atoms with Gasteiger partial charge < -0.3 is 50.0 Å². The zero-order valence-corrected chi connectivity index (χ0v) is 34.3. The average Bonchev–Trinajstić information content (AvgIpc) is 4.03. The van der Waals surface area contributed by atoms with Gasteiger partial charge in [0.25, 0.3) is 0 Å². The Kier molecular flexibility index (Phi) is 7.98. The maximum Gasteiger partial charge on any atom is 0.206 e. The molecule has 0 saturated carbocycles. The minimum Gasteiger partial charge on any atom is -0.504 e. The molecule has 314 valence electrons. The van der Waals surface area contributed by atoms with Crippen LogP contribution in [-0.2, 0) is 0 Å². The molecule has 8 N–H and O–H groups in total. The van der Waals surface area contributed by atoms with Gasteiger partial charge in [-0.05, 0) is 36.4 Å². The first kappa shape index (κ1) is 37.7. The minimum atomic E-state index is -1.10. The van der Waals surface area contributed by atoms with Crippen LogP contribution in [0.5, 0.6) is 46.0 Å². The number of phenolic OH excluding ortho intramolecular Hbond substituents is 8. The first-order valence-electron chi connectivity index (χ1n) is 20.3. The predicted molar refractivity (Wildman–Crippen MR) is 251 cm³/mol. The summed E-state index contributed by atoms with van der Waals surface area (Å²) in [6.07, 6.45) is 0. The number of thiophene rings is 1. The van der Waals surface area contributed by atoms with E-state index in [4.69, 9.17) is 15.0 Å². The molecule has 12 rings (SSSR count). The molecule has 14 heteroatoms. The Bertz CT molecular complexity index is 3860. The molecule has 4 aromatic heterocycles. The molecule has 0 saturated heterocycles. The number of aromatic nitrogens is 5. The van der Waals surface area contributed by atoms with Crippen molar-refractivity contribution in [3.63, 3.8) is 0 Å². The number of benzene rings is 8. The Hall–Kier alpha value is -9.01. The van der Waals surface area contributed by atoms with Crippen molar-refractivity contribution in [3.8, 4) is 91.5 Å². The molecule has 8 aromatic carbocycles. The Balaban J connectivity index is 1.19. The van der Waals surface area contributed by atoms with Gasteiger partial charge >= 0.3 is 0 Å². The smallest absolute Gasteiger partial charge is 0.206 e. The van der Waals surface area contributed by atoms with Gasteiger partial charge in [0.2, 0.25) is 23.0 Å². The largest absolute Gasteiger partial charge is 0.504 e. The summed E-state index contributed by atoms with van der Waals surface area (Å²) >= 11 is 1.63. The van der Waals surface area contributed by atoms with Crippen molar-refractivity contribution >= 4 is 75.1 Å². The van der Waals surface area contributed by atoms with Gasteiger partial charge in [-0.3, -0.25) is 0 Å². The quantitative estimate of drug-likeness (QED) is 0.0602. The normalized spacial score (nSPS) is 11.9. The van der Waals surface area contributed by atoms with Crippen LogP contribution in [0.25, 0.3) is 109 Å². The molecule has 0 aliphatic rings. The first-order chi connectivity index (χ1) is 31.6. The van der Waals surface area contributed by atoms with Gasteiger partial charge in [-0.15, -0.1) is 11.3 Å². The molecule has 0 aliphatic carbocycles. The Morgan fingerprint density at radius 1 is 0.338 bits per heavy atom. The van der Waals surface area contributed by atoms with Crippen LogP contribution < -0.4 is 0 Å². The highest BCUT2D eigenvalue weighted by Crippen LogP contribution is 2.59. The lowest BCUT2D eigenvalue weighted by Crippen LogP contribution is -2.00. The van der Waals surface area contributed by atoms with Crippen LogP contribution in [0, 0.1) is 0 Å². The van der Waals surface area contributed by atoms with Crippen molar-refractivity contribution < 1.29 is 40.9 Å². The van der Waals surface area contributed by atoms with E-state index in [2.05, 4.69) is 16.7 Å². The summed E-state index contributed by atoms with van der Waals surface area (Å²) in [7, 11) is 0. The van der Waals surface area contributed by atoms with Gasteiger partial charge in [-0.25, -0.2) is 15.0 Å². The second kappa shape index (κ2) is 13.7. The monoisotopic (exact) mass is 873 g/mol. The summed E-state index contributed by atoms with van der Waals surface area (Å²) in [6, 6.07) is 44.7. The molecule has 13 nitrogen and oxygen atoms in total. The molecule has 0 fully saturated rings. The van der Waals surface area contributed by atoms with E-state index in [-0.39, 0.29) is 16.7 Å². The van der Waals surface area contributed by atoms with E-state index in [1.165, 1.54) is 4.57 Å². The average molecular weight is 874 g/mol. The highest BCUT2D eigenvalue weighted by molar-refractivity contribution is 7.26. The number of hydrogen-bond donors (Lipinski definition) is 8. The molecule has 0 aliphatic heterocycles. The number of fused-ring (bicyclic) bond motifs is 9. The van der Waals surface area contributed by atoms with E-state index < -0.39 is 56.8 Å². The third-order valence-electron chi connectivity index (χ3n) is 12.0. The van der Waals surface area contributed by atoms with Crippen molar-refractivity contribution in [2.24, 2.45) is 0 Å². The van der Waals surface area contributed by atoms with Gasteiger partial charge in [-0.2, -0.15) is 0 Å². The fourth-order valence-corrected chi connectivity index (χ4v) is 10.4. The molecule has 0 radical (unpaired) electrons. The van der Waals surface area contributed by atoms with Gasteiger partial charge in [0.15, 0.2) is 40.5 Å². The minimum absolute atomic E-state index is 0.270. The molecule has 0 spiro atoms. The maximum atomic E-state index is 11.5. The van der Waals surface area contributed by atoms with E-state index in [9.17, 15) is 40.9 Å². The lowest BCUT2D eigenvalue weighted by atomic mass is 10.0. The van der Waals surface area contributed by atoms with E-state index in [1.807, 2.05) is 115 Å². The molecule has 65 heavy (non-hydrogen) atoms. The van der Waals surface area contributed by atoms with E-state index in [0.717, 1.165) is 48.1 Å². The molecule has 0 amide bonds. The highest BCUT2D eigenvalue weighted by atomic mass is 32.1. The number of nitrogens with zero attached hydrogens (tertiary/aromatic N) is 5. The van der Waals surface area contributed by atoms with Gasteiger partial charge in [0.05, 0.1) is 33.2 Å². The Morgan fingerprint density at radius 3 is 1.40 bits per heavy atom. The van der Waals surface area contributed by atoms with E-state index in [1.54, 1.807) is 23.5 Å². The number of para-hydroxylation sites is 1. The van der Waals surface area contributed by atoms with Crippen molar-refractivity contribution in [3.05, 3.63) is 140 Å². The van der Waals surface area contributed by atoms with Crippen LogP contribution in [0.1, 0.15) is 0 Å². The van der Waals surface area contributed by atoms with Gasteiger partial charge in [-0.1, -0.05) is 103 Å². The van der Waals surface area contributed by atoms with Crippen LogP contribution in [0.15, 0.2) is 140 Å². The fraction of sp³-hybridized carbons (Fsp3) is 0. The zero-order valence-electron chi connectivity index (χ0n) is 33.5. The van der Waals surface area contributed by atoms with Crippen molar-refractivity contribution in [1.82, 2.24) is 24.1 Å². The molecule has 0 atom stereocenters. The van der Waals surface area contributed by atoms with Crippen molar-refractivity contribution in [2.45, 2.75) is 0 Å². The number of rotatable bonds is 5. The second-order valence-electron chi connectivity index (χ2n) is 15.6. The third-order valence-corrected chi connectivity index (χ3v) is 13.2. The van der Waals surface area contributed by atoms with E-state index in [0.29, 0.717) is 33.8 Å². The molecule has 4 heterocycles. The summed E-state index contributed by atoms with van der Waals surface area (Å²) in [5, 5.41) is 91.0. The van der Waals surface area contributed by atoms with Crippen LogP contribution in [0.3, 0.4) is 0 Å². The SMILES string of the molecule is Oc1c(O)c(O)c2c(c1O)c1c(O)c(O)c(O)c(O)c1n2-c1cccc2c1c1ccccc1n2-c1cccc2sc3cccc(-c4nc(-c5ccccc5)nc(-c5ccccc5)n4)c3c12. The number of aromatic hydroxyl groups is 8. The van der Waals surface area contributed by atoms with Crippen LogP contribution in [-0.4, -0.2) is 64.9 Å². The number of hydrogen-bond acceptors (Lipinski definition) is 12. The van der Waals surface area contributed by atoms with Crippen molar-refractivity contribution in [1.29, 1.82) is 0 Å². The van der Waals surface area contributed by atoms with Crippen LogP contribution >= 0.6 is 11.3 Å². The first-order valence-corrected chi connectivity index (χ1v) is 21.1. The van der Waals surface area contributed by atoms with Crippen molar-refractivity contribution in [2.75, 3.05) is 0 Å². The summed E-state index contributed by atoms with van der Waals surface area (Å²) in [5.41, 5.74) is 4.28. The van der Waals surface area contributed by atoms with E-state index >= 15 is 0 Å². The van der Waals surface area contributed by atoms with Gasteiger partial charge in [0, 0.05) is 47.6 Å². The Morgan fingerprint density at radius 2 is 0.800 bits per heavy atom. The summed E-state index contributed by atoms with van der Waals surface area (Å²) in [6.45, 7) is 0. The molecular weight excluding hydrogens is 843 g/mol. The standard InChI is InChI=1S/C51H31N5O8S/c57-41-37-38-40(44(60)48(64)46(62)42(38)58)56(39(37)43(59)47(63)45(41)61)30-20-10-19-29-34(30)26-16-7-8-18-28(26)55(29)31-21-11-23-33-36(31)35-27(17-9-22-32(35)65-33)51-53-49(24-12-3-1-4-13-24)52-50(54-51)25-14-5-2-6-15-25/h1-23,57-64H. The summed E-state index contributed by atoms with van der Waals surface area (Å²) in [5.74, 6) is -6.53. The van der Waals surface area contributed by atoms with Gasteiger partial charge in [0.1, 0.15) is 11.0 Å². The zero-order chi connectivity index (χ0) is 44.4. The molecule has 12 aromatic rings. The topological polar surface area (TPSA) is 210 Å². The summed E-state index contributed by atoms with van der Waals surface area (Å²) < 4.78 is 5.35. The fourth-order valence-electron chi connectivity index (χ4n) is 9.23. The maximum absolute atomic E-state index is 11.5. The lowest BCUT2D eigenvalue weighted by molar-refractivity contribution is 0.350.